The second-order valence-corrected chi connectivity index (χ2v) is 6.09. The van der Waals surface area contributed by atoms with E-state index in [2.05, 4.69) is 15.1 Å². The van der Waals surface area contributed by atoms with Crippen LogP contribution in [0.15, 0.2) is 36.8 Å². The Morgan fingerprint density at radius 3 is 2.92 bits per heavy atom. The van der Waals surface area contributed by atoms with E-state index in [-0.39, 0.29) is 23.4 Å². The summed E-state index contributed by atoms with van der Waals surface area (Å²) in [5, 5.41) is 15.7. The van der Waals surface area contributed by atoms with Crippen molar-refractivity contribution in [3.63, 3.8) is 0 Å². The van der Waals surface area contributed by atoms with Crippen molar-refractivity contribution in [2.24, 2.45) is 7.05 Å². The molecule has 4 rings (SSSR count). The maximum atomic E-state index is 13.8. The second-order valence-electron chi connectivity index (χ2n) is 6.09. The number of nitrogens with zero attached hydrogens (tertiary/aromatic N) is 4. The van der Waals surface area contributed by atoms with Crippen LogP contribution in [0.4, 0.5) is 10.3 Å². The molecule has 1 aliphatic rings. The van der Waals surface area contributed by atoms with Crippen molar-refractivity contribution in [3.8, 4) is 11.1 Å². The van der Waals surface area contributed by atoms with Crippen LogP contribution in [-0.4, -0.2) is 24.9 Å². The quantitative estimate of drug-likeness (QED) is 0.734. The number of benzene rings is 1. The zero-order valence-electron chi connectivity index (χ0n) is 13.5. The van der Waals surface area contributed by atoms with Gasteiger partial charge in [0.25, 0.3) is 0 Å². The SMILES string of the molecule is Cn1cc(-c2cc(F)ccc2C2C=c3nc(N)ncc3=C(O)C2)cn1. The lowest BCUT2D eigenvalue weighted by atomic mass is 9.86. The number of rotatable bonds is 2. The van der Waals surface area contributed by atoms with Crippen LogP contribution in [0.3, 0.4) is 0 Å². The molecule has 0 radical (unpaired) electrons. The zero-order valence-corrected chi connectivity index (χ0v) is 13.5. The Kier molecular flexibility index (Phi) is 3.49. The lowest BCUT2D eigenvalue weighted by Gasteiger charge is -2.19. The van der Waals surface area contributed by atoms with Crippen LogP contribution in [0.25, 0.3) is 23.0 Å². The molecule has 0 fully saturated rings. The minimum Gasteiger partial charge on any atom is -0.512 e. The monoisotopic (exact) mass is 337 g/mol. The highest BCUT2D eigenvalue weighted by Crippen LogP contribution is 2.34. The van der Waals surface area contributed by atoms with E-state index < -0.39 is 0 Å². The topological polar surface area (TPSA) is 89.9 Å². The zero-order chi connectivity index (χ0) is 17.6. The molecule has 0 amide bonds. The summed E-state index contributed by atoms with van der Waals surface area (Å²) in [7, 11) is 1.81. The van der Waals surface area contributed by atoms with Crippen molar-refractivity contribution in [1.29, 1.82) is 0 Å². The Hall–Kier alpha value is -3.22. The summed E-state index contributed by atoms with van der Waals surface area (Å²) in [4.78, 5) is 8.13. The van der Waals surface area contributed by atoms with Gasteiger partial charge in [-0.1, -0.05) is 6.07 Å². The third kappa shape index (κ3) is 2.73. The molecule has 1 atom stereocenters. The molecule has 1 aliphatic carbocycles. The highest BCUT2D eigenvalue weighted by atomic mass is 19.1. The highest BCUT2D eigenvalue weighted by Gasteiger charge is 2.21. The number of aryl methyl sites for hydroxylation is 1. The maximum Gasteiger partial charge on any atom is 0.220 e. The first kappa shape index (κ1) is 15.3. The van der Waals surface area contributed by atoms with Gasteiger partial charge in [0.15, 0.2) is 0 Å². The maximum absolute atomic E-state index is 13.8. The van der Waals surface area contributed by atoms with Crippen LogP contribution < -0.4 is 16.3 Å². The fraction of sp³-hybridized carbons (Fsp3) is 0.167. The Morgan fingerprint density at radius 1 is 1.32 bits per heavy atom. The summed E-state index contributed by atoms with van der Waals surface area (Å²) in [5.74, 6) is -0.129. The summed E-state index contributed by atoms with van der Waals surface area (Å²) in [5.41, 5.74) is 8.11. The van der Waals surface area contributed by atoms with Crippen LogP contribution in [0, 0.1) is 5.82 Å². The van der Waals surface area contributed by atoms with Crippen molar-refractivity contribution >= 4 is 17.8 Å². The summed E-state index contributed by atoms with van der Waals surface area (Å²) in [6, 6.07) is 4.65. The summed E-state index contributed by atoms with van der Waals surface area (Å²) < 4.78 is 15.5. The largest absolute Gasteiger partial charge is 0.512 e. The van der Waals surface area contributed by atoms with Gasteiger partial charge in [0.2, 0.25) is 5.95 Å². The summed E-state index contributed by atoms with van der Waals surface area (Å²) >= 11 is 0. The molecule has 0 saturated carbocycles. The van der Waals surface area contributed by atoms with E-state index in [1.807, 2.05) is 19.3 Å². The number of aliphatic hydroxyl groups is 1. The van der Waals surface area contributed by atoms with Crippen LogP contribution in [-0.2, 0) is 7.05 Å². The molecular formula is C18H16FN5O. The number of hydrogen-bond donors (Lipinski definition) is 2. The molecule has 2 heterocycles. The number of halogens is 1. The molecule has 1 aromatic carbocycles. The molecule has 0 aliphatic heterocycles. The molecule has 6 nitrogen and oxygen atoms in total. The molecule has 1 unspecified atom stereocenters. The number of aliphatic hydroxyl groups excluding tert-OH is 1. The van der Waals surface area contributed by atoms with E-state index >= 15 is 0 Å². The predicted octanol–water partition coefficient (Wildman–Crippen LogP) is 1.23. The molecule has 0 spiro atoms. The standard InChI is InChI=1S/C18H16FN5O/c1-24-9-11(7-22-24)14-6-12(19)2-3-13(14)10-4-16-15(17(25)5-10)8-21-18(20)23-16/h2-4,6-10,25H,5H2,1H3,(H2,20,23). The van der Waals surface area contributed by atoms with Crippen LogP contribution >= 0.6 is 0 Å². The molecule has 2 aromatic heterocycles. The van der Waals surface area contributed by atoms with Gasteiger partial charge >= 0.3 is 0 Å². The molecular weight excluding hydrogens is 321 g/mol. The van der Waals surface area contributed by atoms with E-state index in [1.165, 1.54) is 18.3 Å². The molecule has 3 aromatic rings. The lowest BCUT2D eigenvalue weighted by Crippen LogP contribution is -2.35. The molecule has 0 saturated heterocycles. The second kappa shape index (κ2) is 5.70. The van der Waals surface area contributed by atoms with Gasteiger partial charge in [0.05, 0.1) is 16.8 Å². The fourth-order valence-electron chi connectivity index (χ4n) is 3.19. The normalized spacial score (nSPS) is 16.4. The van der Waals surface area contributed by atoms with E-state index in [4.69, 9.17) is 5.73 Å². The van der Waals surface area contributed by atoms with Crippen molar-refractivity contribution < 1.29 is 9.50 Å². The van der Waals surface area contributed by atoms with Crippen molar-refractivity contribution in [3.05, 3.63) is 58.7 Å². The van der Waals surface area contributed by atoms with Crippen LogP contribution in [0.2, 0.25) is 0 Å². The minimum absolute atomic E-state index is 0.148. The highest BCUT2D eigenvalue weighted by molar-refractivity contribution is 5.70. The van der Waals surface area contributed by atoms with Gasteiger partial charge < -0.3 is 10.8 Å². The Labute approximate surface area is 142 Å². The summed E-state index contributed by atoms with van der Waals surface area (Å²) in [6.07, 6.45) is 7.36. The van der Waals surface area contributed by atoms with E-state index in [0.29, 0.717) is 17.0 Å². The number of anilines is 1. The number of fused-ring (bicyclic) bond motifs is 1. The molecule has 0 bridgehead atoms. The fourth-order valence-corrected chi connectivity index (χ4v) is 3.19. The van der Waals surface area contributed by atoms with Gasteiger partial charge in [0, 0.05) is 37.3 Å². The molecule has 3 N–H and O–H groups in total. The van der Waals surface area contributed by atoms with Crippen molar-refractivity contribution in [2.75, 3.05) is 5.73 Å². The third-order valence-electron chi connectivity index (χ3n) is 4.35. The first-order valence-electron chi connectivity index (χ1n) is 7.82. The number of aromatic nitrogens is 4. The van der Waals surface area contributed by atoms with Crippen molar-refractivity contribution in [1.82, 2.24) is 19.7 Å². The Bertz CT molecular complexity index is 1090. The average Bonchev–Trinajstić information content (AvgIpc) is 3.00. The summed E-state index contributed by atoms with van der Waals surface area (Å²) in [6.45, 7) is 0. The number of hydrogen-bond acceptors (Lipinski definition) is 5. The van der Waals surface area contributed by atoms with Gasteiger partial charge in [-0.2, -0.15) is 5.10 Å². The van der Waals surface area contributed by atoms with E-state index in [0.717, 1.165) is 16.7 Å². The van der Waals surface area contributed by atoms with E-state index in [9.17, 15) is 9.50 Å². The van der Waals surface area contributed by atoms with Crippen LogP contribution in [0.1, 0.15) is 17.9 Å². The lowest BCUT2D eigenvalue weighted by molar-refractivity contribution is 0.470. The first-order valence-corrected chi connectivity index (χ1v) is 7.82. The molecule has 25 heavy (non-hydrogen) atoms. The first-order chi connectivity index (χ1) is 12.0. The average molecular weight is 337 g/mol. The smallest absolute Gasteiger partial charge is 0.220 e. The minimum atomic E-state index is -0.321. The predicted molar refractivity (Wildman–Crippen MR) is 92.2 cm³/mol. The Balaban J connectivity index is 1.89. The van der Waals surface area contributed by atoms with Gasteiger partial charge in [-0.15, -0.1) is 0 Å². The van der Waals surface area contributed by atoms with Crippen LogP contribution in [0.5, 0.6) is 0 Å². The number of nitrogen functional groups attached to an aromatic ring is 1. The van der Waals surface area contributed by atoms with Gasteiger partial charge in [-0.25, -0.2) is 14.4 Å². The molecule has 7 heteroatoms. The van der Waals surface area contributed by atoms with Gasteiger partial charge in [-0.05, 0) is 29.3 Å². The van der Waals surface area contributed by atoms with Crippen molar-refractivity contribution in [2.45, 2.75) is 12.3 Å². The van der Waals surface area contributed by atoms with Gasteiger partial charge in [0.1, 0.15) is 11.6 Å². The third-order valence-corrected chi connectivity index (χ3v) is 4.35. The Morgan fingerprint density at radius 2 is 2.16 bits per heavy atom. The van der Waals surface area contributed by atoms with E-state index in [1.54, 1.807) is 16.9 Å². The van der Waals surface area contributed by atoms with Gasteiger partial charge in [-0.3, -0.25) is 4.68 Å². The number of nitrogens with two attached hydrogens (primary N) is 1. The molecule has 126 valence electrons.